The third-order valence-electron chi connectivity index (χ3n) is 3.39. The van der Waals surface area contributed by atoms with Crippen LogP contribution in [0.3, 0.4) is 0 Å². The Bertz CT molecular complexity index is 501. The monoisotopic (exact) mass is 343 g/mol. The van der Waals surface area contributed by atoms with Crippen LogP contribution in [-0.4, -0.2) is 15.9 Å². The van der Waals surface area contributed by atoms with Crippen molar-refractivity contribution in [2.24, 2.45) is 11.1 Å². The number of carbonyl (C=O) groups excluding carboxylic acids is 1. The summed E-state index contributed by atoms with van der Waals surface area (Å²) < 4.78 is 0.870. The fourth-order valence-corrected chi connectivity index (χ4v) is 2.76. The summed E-state index contributed by atoms with van der Waals surface area (Å²) in [7, 11) is 0. The van der Waals surface area contributed by atoms with Crippen molar-refractivity contribution in [3.8, 4) is 0 Å². The minimum Gasteiger partial charge on any atom is -0.392 e. The van der Waals surface area contributed by atoms with Gasteiger partial charge in [0.25, 0.3) is 0 Å². The maximum atomic E-state index is 12.4. The maximum absolute atomic E-state index is 12.4. The van der Waals surface area contributed by atoms with Gasteiger partial charge in [-0.05, 0) is 47.3 Å². The zero-order valence-corrected chi connectivity index (χ0v) is 13.7. The minimum absolute atomic E-state index is 0.192. The molecule has 1 heterocycles. The van der Waals surface area contributed by atoms with Crippen LogP contribution in [0.1, 0.15) is 32.3 Å². The molecule has 1 aromatic rings. The largest absolute Gasteiger partial charge is 0.392 e. The lowest BCUT2D eigenvalue weighted by molar-refractivity contribution is -0.122. The molecular weight excluding hydrogens is 326 g/mol. The van der Waals surface area contributed by atoms with E-state index in [0.29, 0.717) is 18.7 Å². The van der Waals surface area contributed by atoms with Gasteiger partial charge in [-0.15, -0.1) is 0 Å². The van der Waals surface area contributed by atoms with Crippen LogP contribution in [0.4, 0.5) is 5.82 Å². The maximum Gasteiger partial charge on any atom is 0.238 e. The number of halogens is 1. The first-order valence-electron chi connectivity index (χ1n) is 6.11. The number of hydrogen-bond donors (Lipinski definition) is 2. The number of carbonyl (C=O) groups is 1. The zero-order chi connectivity index (χ0) is 14.6. The molecule has 0 radical (unpaired) electrons. The highest BCUT2D eigenvalue weighted by molar-refractivity contribution is 9.10. The summed E-state index contributed by atoms with van der Waals surface area (Å²) in [5, 5.41) is 2.82. The predicted octanol–water partition coefficient (Wildman–Crippen LogP) is 3.18. The quantitative estimate of drug-likeness (QED) is 0.805. The third-order valence-corrected chi connectivity index (χ3v) is 4.21. The van der Waals surface area contributed by atoms with Crippen LogP contribution in [0.15, 0.2) is 16.7 Å². The number of nitrogens with two attached hydrogens (primary N) is 1. The Balaban J connectivity index is 3.03. The molecule has 1 rings (SSSR count). The summed E-state index contributed by atoms with van der Waals surface area (Å²) in [6.07, 6.45) is 2.78. The van der Waals surface area contributed by atoms with Gasteiger partial charge in [0.05, 0.1) is 10.4 Å². The molecule has 104 valence electrons. The third kappa shape index (κ3) is 3.30. The van der Waals surface area contributed by atoms with Crippen molar-refractivity contribution >= 4 is 44.9 Å². The molecule has 4 nitrogen and oxygen atoms in total. The summed E-state index contributed by atoms with van der Waals surface area (Å²) in [5.74, 6) is 0.346. The van der Waals surface area contributed by atoms with Gasteiger partial charge in [0.2, 0.25) is 5.91 Å². The Kier molecular flexibility index (Phi) is 5.43. The van der Waals surface area contributed by atoms with Crippen molar-refractivity contribution in [2.75, 3.05) is 5.32 Å². The number of nitrogens with zero attached hydrogens (tertiary/aromatic N) is 1. The Hall–Kier alpha value is -1.01. The van der Waals surface area contributed by atoms with Gasteiger partial charge >= 0.3 is 0 Å². The highest BCUT2D eigenvalue weighted by Crippen LogP contribution is 2.29. The molecule has 0 saturated carbocycles. The van der Waals surface area contributed by atoms with Gasteiger partial charge in [-0.1, -0.05) is 26.1 Å². The first-order chi connectivity index (χ1) is 8.87. The van der Waals surface area contributed by atoms with Crippen LogP contribution < -0.4 is 11.1 Å². The van der Waals surface area contributed by atoms with E-state index in [1.54, 1.807) is 6.20 Å². The molecule has 19 heavy (non-hydrogen) atoms. The molecule has 0 aliphatic heterocycles. The summed E-state index contributed by atoms with van der Waals surface area (Å²) in [6.45, 7) is 5.70. The van der Waals surface area contributed by atoms with Crippen LogP contribution >= 0.6 is 28.1 Å². The Morgan fingerprint density at radius 3 is 2.53 bits per heavy atom. The summed E-state index contributed by atoms with van der Waals surface area (Å²) in [5.41, 5.74) is 5.82. The summed E-state index contributed by atoms with van der Waals surface area (Å²) in [6, 6.07) is 1.89. The topological polar surface area (TPSA) is 68.0 Å². The molecule has 0 aliphatic carbocycles. The smallest absolute Gasteiger partial charge is 0.238 e. The van der Waals surface area contributed by atoms with Crippen LogP contribution in [0.5, 0.6) is 0 Å². The van der Waals surface area contributed by atoms with Crippen molar-refractivity contribution in [3.63, 3.8) is 0 Å². The van der Waals surface area contributed by atoms with E-state index in [1.807, 2.05) is 26.8 Å². The van der Waals surface area contributed by atoms with Crippen molar-refractivity contribution < 1.29 is 4.79 Å². The Labute approximate surface area is 127 Å². The molecule has 1 amide bonds. The van der Waals surface area contributed by atoms with Crippen molar-refractivity contribution in [3.05, 3.63) is 22.3 Å². The second-order valence-electron chi connectivity index (χ2n) is 4.43. The highest BCUT2D eigenvalue weighted by Gasteiger charge is 2.38. The van der Waals surface area contributed by atoms with E-state index in [1.165, 1.54) is 0 Å². The van der Waals surface area contributed by atoms with E-state index in [4.69, 9.17) is 18.0 Å². The molecule has 6 heteroatoms. The first kappa shape index (κ1) is 16.0. The molecule has 1 aromatic heterocycles. The lowest BCUT2D eigenvalue weighted by Gasteiger charge is -2.28. The fourth-order valence-electron chi connectivity index (χ4n) is 1.93. The number of rotatable bonds is 5. The number of hydrogen-bond acceptors (Lipinski definition) is 3. The van der Waals surface area contributed by atoms with Crippen molar-refractivity contribution in [1.29, 1.82) is 0 Å². The molecule has 0 bridgehead atoms. The van der Waals surface area contributed by atoms with E-state index in [9.17, 15) is 4.79 Å². The number of pyridine rings is 1. The molecule has 0 unspecified atom stereocenters. The van der Waals surface area contributed by atoms with Crippen LogP contribution in [0, 0.1) is 12.3 Å². The van der Waals surface area contributed by atoms with Crippen molar-refractivity contribution in [2.45, 2.75) is 33.6 Å². The van der Waals surface area contributed by atoms with Crippen LogP contribution in [0.2, 0.25) is 0 Å². The zero-order valence-electron chi connectivity index (χ0n) is 11.3. The number of amides is 1. The lowest BCUT2D eigenvalue weighted by atomic mass is 9.81. The molecule has 0 atom stereocenters. The number of aromatic nitrogens is 1. The molecular formula is C13H18BrN3OS. The minimum atomic E-state index is -0.809. The normalized spacial score (nSPS) is 11.2. The van der Waals surface area contributed by atoms with Gasteiger partial charge in [-0.25, -0.2) is 4.98 Å². The average molecular weight is 344 g/mol. The van der Waals surface area contributed by atoms with E-state index < -0.39 is 5.41 Å². The number of nitrogens with one attached hydrogen (secondary N) is 1. The SMILES string of the molecule is CCC(CC)(C(=O)Nc1ncc(Br)cc1C)C(N)=S. The van der Waals surface area contributed by atoms with Gasteiger partial charge in [-0.3, -0.25) is 4.79 Å². The second-order valence-corrected chi connectivity index (χ2v) is 5.78. The standard InChI is InChI=1S/C13H18BrN3OS/c1-4-13(5-2,11(15)19)12(18)17-10-8(3)6-9(14)7-16-10/h6-7H,4-5H2,1-3H3,(H2,15,19)(H,16,17,18). The van der Waals surface area contributed by atoms with Crippen LogP contribution in [-0.2, 0) is 4.79 Å². The van der Waals surface area contributed by atoms with E-state index in [-0.39, 0.29) is 10.9 Å². The van der Waals surface area contributed by atoms with Gasteiger partial charge < -0.3 is 11.1 Å². The molecule has 3 N–H and O–H groups in total. The van der Waals surface area contributed by atoms with Gasteiger partial charge in [-0.2, -0.15) is 0 Å². The first-order valence-corrected chi connectivity index (χ1v) is 7.31. The molecule has 0 aliphatic rings. The number of anilines is 1. The predicted molar refractivity (Wildman–Crippen MR) is 85.1 cm³/mol. The van der Waals surface area contributed by atoms with E-state index in [2.05, 4.69) is 26.2 Å². The number of aryl methyl sites for hydroxylation is 1. The average Bonchev–Trinajstić information content (AvgIpc) is 2.34. The Morgan fingerprint density at radius 1 is 1.53 bits per heavy atom. The van der Waals surface area contributed by atoms with Gasteiger partial charge in [0, 0.05) is 10.7 Å². The Morgan fingerprint density at radius 2 is 2.11 bits per heavy atom. The lowest BCUT2D eigenvalue weighted by Crippen LogP contribution is -2.45. The van der Waals surface area contributed by atoms with E-state index >= 15 is 0 Å². The van der Waals surface area contributed by atoms with E-state index in [0.717, 1.165) is 10.0 Å². The van der Waals surface area contributed by atoms with Gasteiger partial charge in [0.15, 0.2) is 0 Å². The molecule has 0 spiro atoms. The summed E-state index contributed by atoms with van der Waals surface area (Å²) >= 11 is 8.40. The fraction of sp³-hybridized carbons (Fsp3) is 0.462. The number of thiocarbonyl (C=S) groups is 1. The van der Waals surface area contributed by atoms with Gasteiger partial charge in [0.1, 0.15) is 5.82 Å². The van der Waals surface area contributed by atoms with Crippen molar-refractivity contribution in [1.82, 2.24) is 4.98 Å². The highest BCUT2D eigenvalue weighted by atomic mass is 79.9. The second kappa shape index (κ2) is 6.43. The molecule has 0 fully saturated rings. The molecule has 0 aromatic carbocycles. The van der Waals surface area contributed by atoms with Crippen LogP contribution in [0.25, 0.3) is 0 Å². The molecule has 0 saturated heterocycles. The summed E-state index contributed by atoms with van der Waals surface area (Å²) in [4.78, 5) is 16.9.